The van der Waals surface area contributed by atoms with Crippen LogP contribution < -0.4 is 5.32 Å². The van der Waals surface area contributed by atoms with Crippen molar-refractivity contribution >= 4 is 16.8 Å². The predicted molar refractivity (Wildman–Crippen MR) is 102 cm³/mol. The molecule has 0 bridgehead atoms. The van der Waals surface area contributed by atoms with Crippen molar-refractivity contribution in [3.05, 3.63) is 65.9 Å². The van der Waals surface area contributed by atoms with Crippen LogP contribution in [-0.2, 0) is 4.74 Å². The van der Waals surface area contributed by atoms with Gasteiger partial charge in [-0.1, -0.05) is 30.3 Å². The number of benzene rings is 2. The summed E-state index contributed by atoms with van der Waals surface area (Å²) in [5.74, 6) is -0.139. The zero-order chi connectivity index (χ0) is 18.4. The summed E-state index contributed by atoms with van der Waals surface area (Å²) >= 11 is 0. The fourth-order valence-electron chi connectivity index (χ4n) is 2.82. The molecule has 5 nitrogen and oxygen atoms in total. The highest BCUT2D eigenvalue weighted by atomic mass is 16.5. The first-order chi connectivity index (χ1) is 12.7. The van der Waals surface area contributed by atoms with Gasteiger partial charge in [0, 0.05) is 23.2 Å². The largest absolute Gasteiger partial charge is 0.394 e. The van der Waals surface area contributed by atoms with Crippen LogP contribution in [0, 0.1) is 6.92 Å². The van der Waals surface area contributed by atoms with Gasteiger partial charge in [0.2, 0.25) is 0 Å². The Hall–Kier alpha value is -2.76. The Morgan fingerprint density at radius 1 is 1.08 bits per heavy atom. The highest BCUT2D eigenvalue weighted by Crippen LogP contribution is 2.28. The Morgan fingerprint density at radius 2 is 1.88 bits per heavy atom. The maximum Gasteiger partial charge on any atom is 0.251 e. The van der Waals surface area contributed by atoms with Gasteiger partial charge < -0.3 is 15.2 Å². The molecule has 0 aliphatic rings. The van der Waals surface area contributed by atoms with Crippen molar-refractivity contribution in [3.8, 4) is 11.1 Å². The molecule has 3 rings (SSSR count). The summed E-state index contributed by atoms with van der Waals surface area (Å²) in [6, 6.07) is 17.7. The predicted octanol–water partition coefficient (Wildman–Crippen LogP) is 2.95. The second-order valence-corrected chi connectivity index (χ2v) is 5.99. The van der Waals surface area contributed by atoms with Crippen LogP contribution in [0.2, 0.25) is 0 Å². The van der Waals surface area contributed by atoms with E-state index in [0.717, 1.165) is 27.7 Å². The molecule has 0 saturated heterocycles. The van der Waals surface area contributed by atoms with E-state index in [4.69, 9.17) is 9.84 Å². The van der Waals surface area contributed by atoms with Crippen LogP contribution in [-0.4, -0.2) is 42.4 Å². The van der Waals surface area contributed by atoms with Gasteiger partial charge in [-0.05, 0) is 42.3 Å². The average molecular weight is 350 g/mol. The molecule has 1 heterocycles. The van der Waals surface area contributed by atoms with Crippen LogP contribution in [0.25, 0.3) is 22.0 Å². The van der Waals surface area contributed by atoms with Crippen molar-refractivity contribution in [2.75, 3.05) is 26.4 Å². The third-order valence-corrected chi connectivity index (χ3v) is 4.10. The molecule has 5 heteroatoms. The molecule has 2 aromatic carbocycles. The molecule has 2 N–H and O–H groups in total. The molecule has 0 atom stereocenters. The quantitative estimate of drug-likeness (QED) is 0.643. The van der Waals surface area contributed by atoms with Crippen molar-refractivity contribution in [1.29, 1.82) is 0 Å². The van der Waals surface area contributed by atoms with E-state index >= 15 is 0 Å². The molecule has 0 spiro atoms. The average Bonchev–Trinajstić information content (AvgIpc) is 2.67. The number of ether oxygens (including phenoxy) is 1. The van der Waals surface area contributed by atoms with Gasteiger partial charge in [0.05, 0.1) is 25.3 Å². The first-order valence-corrected chi connectivity index (χ1v) is 8.62. The maximum atomic E-state index is 12.1. The first kappa shape index (κ1) is 18.0. The fourth-order valence-corrected chi connectivity index (χ4v) is 2.82. The monoisotopic (exact) mass is 350 g/mol. The highest BCUT2D eigenvalue weighted by Gasteiger charge is 2.08. The molecular weight excluding hydrogens is 328 g/mol. The zero-order valence-electron chi connectivity index (χ0n) is 14.7. The third kappa shape index (κ3) is 4.25. The number of aryl methyl sites for hydroxylation is 1. The molecule has 0 fully saturated rings. The number of aromatic nitrogens is 1. The van der Waals surface area contributed by atoms with E-state index in [1.165, 1.54) is 0 Å². The number of fused-ring (bicyclic) bond motifs is 1. The van der Waals surface area contributed by atoms with Crippen molar-refractivity contribution in [2.24, 2.45) is 0 Å². The Labute approximate surface area is 152 Å². The standard InChI is InChI=1S/C21H22N2O3/c1-15-5-10-19-18(3-2-4-20(19)23-15)16-6-8-17(9-7-16)21(25)22-11-13-26-14-12-24/h2-10,24H,11-14H2,1H3,(H,22,25). The van der Waals surface area contributed by atoms with Crippen molar-refractivity contribution in [2.45, 2.75) is 6.92 Å². The SMILES string of the molecule is Cc1ccc2c(-c3ccc(C(=O)NCCOCCO)cc3)cccc2n1. The molecule has 0 radical (unpaired) electrons. The van der Waals surface area contributed by atoms with Crippen molar-refractivity contribution < 1.29 is 14.6 Å². The Bertz CT molecular complexity index is 891. The minimum Gasteiger partial charge on any atom is -0.394 e. The lowest BCUT2D eigenvalue weighted by Crippen LogP contribution is -2.27. The van der Waals surface area contributed by atoms with E-state index in [9.17, 15) is 4.79 Å². The number of carbonyl (C=O) groups is 1. The van der Waals surface area contributed by atoms with Crippen molar-refractivity contribution in [3.63, 3.8) is 0 Å². The second kappa shape index (κ2) is 8.56. The van der Waals surface area contributed by atoms with E-state index in [1.807, 2.05) is 49.4 Å². The zero-order valence-corrected chi connectivity index (χ0v) is 14.7. The molecule has 26 heavy (non-hydrogen) atoms. The first-order valence-electron chi connectivity index (χ1n) is 8.62. The smallest absolute Gasteiger partial charge is 0.251 e. The highest BCUT2D eigenvalue weighted by molar-refractivity contribution is 5.97. The third-order valence-electron chi connectivity index (χ3n) is 4.10. The van der Waals surface area contributed by atoms with Crippen LogP contribution in [0.5, 0.6) is 0 Å². The number of hydrogen-bond donors (Lipinski definition) is 2. The lowest BCUT2D eigenvalue weighted by Gasteiger charge is -2.09. The van der Waals surface area contributed by atoms with Crippen LogP contribution in [0.3, 0.4) is 0 Å². The topological polar surface area (TPSA) is 71.5 Å². The molecule has 0 aliphatic heterocycles. The lowest BCUT2D eigenvalue weighted by molar-refractivity contribution is 0.0838. The molecular formula is C21H22N2O3. The number of pyridine rings is 1. The van der Waals surface area contributed by atoms with Gasteiger partial charge in [-0.3, -0.25) is 9.78 Å². The number of aliphatic hydroxyl groups excluding tert-OH is 1. The Kier molecular flexibility index (Phi) is 5.94. The van der Waals surface area contributed by atoms with Gasteiger partial charge in [0.1, 0.15) is 0 Å². The summed E-state index contributed by atoms with van der Waals surface area (Å²) in [6.45, 7) is 3.04. The van der Waals surface area contributed by atoms with Gasteiger partial charge in [-0.15, -0.1) is 0 Å². The molecule has 134 valence electrons. The minimum atomic E-state index is -0.139. The second-order valence-electron chi connectivity index (χ2n) is 5.99. The lowest BCUT2D eigenvalue weighted by atomic mass is 9.99. The molecule has 0 saturated carbocycles. The minimum absolute atomic E-state index is 0.0152. The summed E-state index contributed by atoms with van der Waals surface area (Å²) in [4.78, 5) is 16.7. The van der Waals surface area contributed by atoms with Gasteiger partial charge in [-0.25, -0.2) is 0 Å². The molecule has 0 unspecified atom stereocenters. The summed E-state index contributed by atoms with van der Waals surface area (Å²) in [5, 5.41) is 12.5. The van der Waals surface area contributed by atoms with E-state index in [0.29, 0.717) is 18.7 Å². The van der Waals surface area contributed by atoms with Gasteiger partial charge >= 0.3 is 0 Å². The van der Waals surface area contributed by atoms with Crippen LogP contribution in [0.1, 0.15) is 16.1 Å². The molecule has 1 aromatic heterocycles. The fraction of sp³-hybridized carbons (Fsp3) is 0.238. The Morgan fingerprint density at radius 3 is 2.65 bits per heavy atom. The van der Waals surface area contributed by atoms with Crippen LogP contribution in [0.15, 0.2) is 54.6 Å². The Balaban J connectivity index is 1.73. The molecule has 3 aromatic rings. The van der Waals surface area contributed by atoms with Gasteiger partial charge in [-0.2, -0.15) is 0 Å². The molecule has 0 aliphatic carbocycles. The van der Waals surface area contributed by atoms with Crippen LogP contribution >= 0.6 is 0 Å². The van der Waals surface area contributed by atoms with E-state index in [1.54, 1.807) is 0 Å². The number of nitrogens with one attached hydrogen (secondary N) is 1. The number of nitrogens with zero attached hydrogens (tertiary/aromatic N) is 1. The summed E-state index contributed by atoms with van der Waals surface area (Å²) in [7, 11) is 0. The van der Waals surface area contributed by atoms with Crippen molar-refractivity contribution in [1.82, 2.24) is 10.3 Å². The van der Waals surface area contributed by atoms with Crippen LogP contribution in [0.4, 0.5) is 0 Å². The number of rotatable bonds is 7. The number of amides is 1. The van der Waals surface area contributed by atoms with Gasteiger partial charge in [0.25, 0.3) is 5.91 Å². The number of hydrogen-bond acceptors (Lipinski definition) is 4. The van der Waals surface area contributed by atoms with Gasteiger partial charge in [0.15, 0.2) is 0 Å². The number of carbonyl (C=O) groups excluding carboxylic acids is 1. The summed E-state index contributed by atoms with van der Waals surface area (Å²) in [6.07, 6.45) is 0. The summed E-state index contributed by atoms with van der Waals surface area (Å²) in [5.41, 5.74) is 4.70. The van der Waals surface area contributed by atoms with E-state index in [2.05, 4.69) is 22.4 Å². The number of aliphatic hydroxyl groups is 1. The summed E-state index contributed by atoms with van der Waals surface area (Å²) < 4.78 is 5.12. The molecule has 1 amide bonds. The maximum absolute atomic E-state index is 12.1. The van der Waals surface area contributed by atoms with E-state index in [-0.39, 0.29) is 19.1 Å². The van der Waals surface area contributed by atoms with E-state index < -0.39 is 0 Å². The normalized spacial score (nSPS) is 10.8.